The predicted molar refractivity (Wildman–Crippen MR) is 93.9 cm³/mol. The number of rotatable bonds is 17. The Bertz CT molecular complexity index is 198. The Morgan fingerprint density at radius 2 is 0.905 bits per heavy atom. The van der Waals surface area contributed by atoms with Crippen LogP contribution in [-0.2, 0) is 4.74 Å². The first-order chi connectivity index (χ1) is 10.4. The fraction of sp³-hybridized carbons (Fsp3) is 1.00. The lowest BCUT2D eigenvalue weighted by Crippen LogP contribution is -1.86. The average Bonchev–Trinajstić information content (AvgIpc) is 3.31. The maximum atomic E-state index is 5.23. The van der Waals surface area contributed by atoms with Gasteiger partial charge < -0.3 is 4.74 Å². The Morgan fingerprint density at radius 1 is 0.571 bits per heavy atom. The molecule has 0 aromatic rings. The van der Waals surface area contributed by atoms with Crippen molar-refractivity contribution in [3.05, 3.63) is 0 Å². The molecule has 0 unspecified atom stereocenters. The molecule has 0 aliphatic carbocycles. The minimum absolute atomic E-state index is 0.650. The zero-order valence-electron chi connectivity index (χ0n) is 14.7. The maximum absolute atomic E-state index is 5.23. The van der Waals surface area contributed by atoms with E-state index in [2.05, 4.69) is 6.92 Å². The molecule has 1 nitrogen and oxygen atoms in total. The van der Waals surface area contributed by atoms with Crippen LogP contribution in [0.25, 0.3) is 0 Å². The normalized spacial score (nSPS) is 17.3. The largest absolute Gasteiger partial charge is 0.373 e. The van der Waals surface area contributed by atoms with Crippen LogP contribution in [0.15, 0.2) is 0 Å². The molecule has 0 aromatic heterocycles. The van der Waals surface area contributed by atoms with Gasteiger partial charge in [-0.2, -0.15) is 0 Å². The minimum Gasteiger partial charge on any atom is -0.373 e. The van der Waals surface area contributed by atoms with Crippen LogP contribution in [0.4, 0.5) is 0 Å². The molecule has 126 valence electrons. The first-order valence-corrected chi connectivity index (χ1v) is 10.0. The molecule has 1 rings (SSSR count). The highest BCUT2D eigenvalue weighted by atomic mass is 16.6. The summed E-state index contributed by atoms with van der Waals surface area (Å²) in [6.07, 6.45) is 25.3. The molecule has 1 heteroatoms. The van der Waals surface area contributed by atoms with E-state index < -0.39 is 0 Å². The summed E-state index contributed by atoms with van der Waals surface area (Å²) in [6.45, 7) is 3.34. The lowest BCUT2D eigenvalue weighted by atomic mass is 10.0. The van der Waals surface area contributed by atoms with Crippen LogP contribution in [0.3, 0.4) is 0 Å². The highest BCUT2D eigenvalue weighted by molar-refractivity contribution is 4.68. The van der Waals surface area contributed by atoms with E-state index in [4.69, 9.17) is 4.74 Å². The lowest BCUT2D eigenvalue weighted by molar-refractivity contribution is 0.387. The van der Waals surface area contributed by atoms with Gasteiger partial charge in [0.25, 0.3) is 0 Å². The van der Waals surface area contributed by atoms with E-state index in [1.165, 1.54) is 109 Å². The molecule has 0 amide bonds. The lowest BCUT2D eigenvalue weighted by Gasteiger charge is -2.03. The topological polar surface area (TPSA) is 12.5 Å². The van der Waals surface area contributed by atoms with Gasteiger partial charge in [0.1, 0.15) is 0 Å². The third-order valence-corrected chi connectivity index (χ3v) is 4.78. The highest BCUT2D eigenvalue weighted by Gasteiger charge is 2.20. The molecule has 0 radical (unpaired) electrons. The van der Waals surface area contributed by atoms with Crippen LogP contribution in [0.5, 0.6) is 0 Å². The molecule has 1 heterocycles. The summed E-state index contributed by atoms with van der Waals surface area (Å²) in [5, 5.41) is 0. The van der Waals surface area contributed by atoms with Crippen LogP contribution < -0.4 is 0 Å². The molecule has 0 spiro atoms. The van der Waals surface area contributed by atoms with Crippen LogP contribution in [-0.4, -0.2) is 12.7 Å². The predicted octanol–water partition coefficient (Wildman–Crippen LogP) is 7.04. The van der Waals surface area contributed by atoms with Crippen molar-refractivity contribution < 1.29 is 4.74 Å². The Kier molecular flexibility index (Phi) is 13.5. The first kappa shape index (κ1) is 19.0. The summed E-state index contributed by atoms with van der Waals surface area (Å²) in [7, 11) is 0. The van der Waals surface area contributed by atoms with Crippen molar-refractivity contribution >= 4 is 0 Å². The van der Waals surface area contributed by atoms with E-state index >= 15 is 0 Å². The molecule has 21 heavy (non-hydrogen) atoms. The van der Waals surface area contributed by atoms with Crippen molar-refractivity contribution in [2.75, 3.05) is 6.61 Å². The molecule has 1 fully saturated rings. The van der Waals surface area contributed by atoms with Gasteiger partial charge in [0, 0.05) is 0 Å². The standard InChI is InChI=1S/C20H40O/c1-2-3-4-5-6-7-8-9-10-11-12-13-14-15-16-17-18-20-19-21-20/h20H,2-19H2,1H3/t20-/m0/s1. The quantitative estimate of drug-likeness (QED) is 0.207. The second-order valence-corrected chi connectivity index (χ2v) is 7.05. The van der Waals surface area contributed by atoms with Crippen LogP contribution >= 0.6 is 0 Å². The number of epoxide rings is 1. The summed E-state index contributed by atoms with van der Waals surface area (Å²) in [5.41, 5.74) is 0. The summed E-state index contributed by atoms with van der Waals surface area (Å²) in [4.78, 5) is 0. The van der Waals surface area contributed by atoms with Crippen molar-refractivity contribution in [3.8, 4) is 0 Å². The van der Waals surface area contributed by atoms with Gasteiger partial charge in [0.05, 0.1) is 12.7 Å². The van der Waals surface area contributed by atoms with Gasteiger partial charge in [-0.1, -0.05) is 110 Å². The van der Waals surface area contributed by atoms with Crippen LogP contribution in [0.1, 0.15) is 116 Å². The number of unbranched alkanes of at least 4 members (excludes halogenated alkanes) is 15. The van der Waals surface area contributed by atoms with E-state index in [9.17, 15) is 0 Å². The third kappa shape index (κ3) is 14.7. The van der Waals surface area contributed by atoms with Crippen LogP contribution in [0, 0.1) is 0 Å². The number of hydrogen-bond acceptors (Lipinski definition) is 1. The van der Waals surface area contributed by atoms with Crippen LogP contribution in [0.2, 0.25) is 0 Å². The van der Waals surface area contributed by atoms with E-state index in [1.807, 2.05) is 0 Å². The summed E-state index contributed by atoms with van der Waals surface area (Å²) in [6, 6.07) is 0. The van der Waals surface area contributed by atoms with Crippen molar-refractivity contribution in [1.82, 2.24) is 0 Å². The maximum Gasteiger partial charge on any atom is 0.0810 e. The Balaban J connectivity index is 1.59. The molecular formula is C20H40O. The molecule has 1 aliphatic heterocycles. The van der Waals surface area contributed by atoms with Gasteiger partial charge in [0.2, 0.25) is 0 Å². The zero-order chi connectivity index (χ0) is 15.0. The minimum atomic E-state index is 0.650. The SMILES string of the molecule is CCCCCCCCCCCCCCCCCC[C@H]1CO1. The number of hydrogen-bond donors (Lipinski definition) is 0. The smallest absolute Gasteiger partial charge is 0.0810 e. The van der Waals surface area contributed by atoms with Gasteiger partial charge in [-0.25, -0.2) is 0 Å². The van der Waals surface area contributed by atoms with Gasteiger partial charge >= 0.3 is 0 Å². The summed E-state index contributed by atoms with van der Waals surface area (Å²) in [5.74, 6) is 0. The van der Waals surface area contributed by atoms with Crippen molar-refractivity contribution in [2.45, 2.75) is 122 Å². The van der Waals surface area contributed by atoms with Gasteiger partial charge in [-0.05, 0) is 6.42 Å². The van der Waals surface area contributed by atoms with Gasteiger partial charge in [-0.15, -0.1) is 0 Å². The third-order valence-electron chi connectivity index (χ3n) is 4.78. The summed E-state index contributed by atoms with van der Waals surface area (Å²) >= 11 is 0. The van der Waals surface area contributed by atoms with E-state index in [-0.39, 0.29) is 0 Å². The Labute approximate surface area is 134 Å². The Hall–Kier alpha value is -0.0400. The van der Waals surface area contributed by atoms with Gasteiger partial charge in [0.15, 0.2) is 0 Å². The molecular weight excluding hydrogens is 256 g/mol. The van der Waals surface area contributed by atoms with E-state index in [0.29, 0.717) is 6.10 Å². The average molecular weight is 297 g/mol. The molecule has 1 aliphatic rings. The van der Waals surface area contributed by atoms with E-state index in [1.54, 1.807) is 0 Å². The number of ether oxygens (including phenoxy) is 1. The molecule has 1 saturated heterocycles. The molecule has 0 N–H and O–H groups in total. The van der Waals surface area contributed by atoms with E-state index in [0.717, 1.165) is 6.61 Å². The fourth-order valence-corrected chi connectivity index (χ4v) is 3.15. The second kappa shape index (κ2) is 14.9. The monoisotopic (exact) mass is 296 g/mol. The van der Waals surface area contributed by atoms with Crippen molar-refractivity contribution in [2.24, 2.45) is 0 Å². The molecule has 0 bridgehead atoms. The molecule has 0 saturated carbocycles. The molecule has 0 aromatic carbocycles. The Morgan fingerprint density at radius 3 is 1.24 bits per heavy atom. The highest BCUT2D eigenvalue weighted by Crippen LogP contribution is 2.18. The second-order valence-electron chi connectivity index (χ2n) is 7.05. The molecule has 1 atom stereocenters. The van der Waals surface area contributed by atoms with Crippen molar-refractivity contribution in [3.63, 3.8) is 0 Å². The fourth-order valence-electron chi connectivity index (χ4n) is 3.15. The van der Waals surface area contributed by atoms with Gasteiger partial charge in [-0.3, -0.25) is 0 Å². The summed E-state index contributed by atoms with van der Waals surface area (Å²) < 4.78 is 5.23. The van der Waals surface area contributed by atoms with Crippen molar-refractivity contribution in [1.29, 1.82) is 0 Å². The zero-order valence-corrected chi connectivity index (χ0v) is 14.7. The first-order valence-electron chi connectivity index (χ1n) is 10.0.